The zero-order chi connectivity index (χ0) is 19.4. The molecule has 0 heterocycles. The van der Waals surface area contributed by atoms with Gasteiger partial charge in [0, 0.05) is 0 Å². The van der Waals surface area contributed by atoms with Gasteiger partial charge in [0.05, 0.1) is 12.5 Å². The molecular formula is C14H26N4O5S2. The van der Waals surface area contributed by atoms with E-state index in [1.54, 1.807) is 0 Å². The van der Waals surface area contributed by atoms with Crippen molar-refractivity contribution in [2.24, 2.45) is 11.5 Å². The SMILES string of the molecule is CSCCC(N)C(=O)NC(CC(N)=O)C(=O)NC(CCSC)C(=O)O. The predicted octanol–water partition coefficient (Wildman–Crippen LogP) is -1.25. The Morgan fingerprint density at radius 3 is 1.96 bits per heavy atom. The van der Waals surface area contributed by atoms with E-state index < -0.39 is 48.2 Å². The van der Waals surface area contributed by atoms with Gasteiger partial charge in [0.1, 0.15) is 12.1 Å². The molecule has 0 aromatic carbocycles. The van der Waals surface area contributed by atoms with Crippen LogP contribution in [0.5, 0.6) is 0 Å². The van der Waals surface area contributed by atoms with Crippen molar-refractivity contribution in [2.75, 3.05) is 24.0 Å². The molecule has 11 heteroatoms. The summed E-state index contributed by atoms with van der Waals surface area (Å²) in [5.41, 5.74) is 10.8. The van der Waals surface area contributed by atoms with Crippen LogP contribution in [0.3, 0.4) is 0 Å². The minimum Gasteiger partial charge on any atom is -0.480 e. The molecule has 0 radical (unpaired) electrons. The first-order chi connectivity index (χ1) is 11.7. The Hall–Kier alpha value is -1.46. The number of carboxylic acids is 1. The smallest absolute Gasteiger partial charge is 0.326 e. The van der Waals surface area contributed by atoms with Crippen LogP contribution in [0.1, 0.15) is 19.3 Å². The minimum atomic E-state index is -1.26. The predicted molar refractivity (Wildman–Crippen MR) is 99.3 cm³/mol. The van der Waals surface area contributed by atoms with Gasteiger partial charge < -0.3 is 27.2 Å². The van der Waals surface area contributed by atoms with E-state index in [4.69, 9.17) is 16.6 Å². The Balaban J connectivity index is 4.92. The van der Waals surface area contributed by atoms with Crippen LogP contribution in [0.2, 0.25) is 0 Å². The van der Waals surface area contributed by atoms with E-state index in [-0.39, 0.29) is 6.42 Å². The maximum absolute atomic E-state index is 12.3. The number of rotatable bonds is 13. The van der Waals surface area contributed by atoms with Crippen molar-refractivity contribution in [3.05, 3.63) is 0 Å². The number of thioether (sulfide) groups is 2. The van der Waals surface area contributed by atoms with Gasteiger partial charge in [-0.05, 0) is 36.9 Å². The quantitative estimate of drug-likeness (QED) is 0.258. The summed E-state index contributed by atoms with van der Waals surface area (Å²) in [5, 5.41) is 13.9. The van der Waals surface area contributed by atoms with E-state index in [9.17, 15) is 19.2 Å². The van der Waals surface area contributed by atoms with Gasteiger partial charge in [-0.2, -0.15) is 23.5 Å². The van der Waals surface area contributed by atoms with Crippen LogP contribution < -0.4 is 22.1 Å². The zero-order valence-corrected chi connectivity index (χ0v) is 16.0. The van der Waals surface area contributed by atoms with Crippen molar-refractivity contribution in [3.63, 3.8) is 0 Å². The van der Waals surface area contributed by atoms with Crippen LogP contribution in [-0.4, -0.2) is 70.9 Å². The summed E-state index contributed by atoms with van der Waals surface area (Å²) in [5.74, 6) is -2.16. The Kier molecular flexibility index (Phi) is 12.1. The van der Waals surface area contributed by atoms with Gasteiger partial charge in [-0.3, -0.25) is 14.4 Å². The zero-order valence-electron chi connectivity index (χ0n) is 14.3. The highest BCUT2D eigenvalue weighted by atomic mass is 32.2. The number of carbonyl (C=O) groups is 4. The number of hydrogen-bond donors (Lipinski definition) is 5. The highest BCUT2D eigenvalue weighted by Crippen LogP contribution is 2.04. The molecular weight excluding hydrogens is 368 g/mol. The van der Waals surface area contributed by atoms with Crippen molar-refractivity contribution in [1.29, 1.82) is 0 Å². The Labute approximate surface area is 155 Å². The van der Waals surface area contributed by atoms with Gasteiger partial charge in [-0.15, -0.1) is 0 Å². The Morgan fingerprint density at radius 2 is 1.48 bits per heavy atom. The standard InChI is InChI=1S/C14H26N4O5S2/c1-24-5-3-8(15)12(20)18-10(7-11(16)19)13(21)17-9(14(22)23)4-6-25-2/h8-10H,3-7,15H2,1-2H3,(H2,16,19)(H,17,21)(H,18,20)(H,22,23). The molecule has 0 bridgehead atoms. The largest absolute Gasteiger partial charge is 0.480 e. The molecule has 3 amide bonds. The van der Waals surface area contributed by atoms with E-state index in [2.05, 4.69) is 10.6 Å². The molecule has 144 valence electrons. The lowest BCUT2D eigenvalue weighted by molar-refractivity contribution is -0.142. The molecule has 0 fully saturated rings. The fourth-order valence-electron chi connectivity index (χ4n) is 1.83. The minimum absolute atomic E-state index is 0.215. The molecule has 0 saturated heterocycles. The second-order valence-electron chi connectivity index (χ2n) is 5.30. The van der Waals surface area contributed by atoms with E-state index >= 15 is 0 Å². The van der Waals surface area contributed by atoms with E-state index in [0.717, 1.165) is 0 Å². The van der Waals surface area contributed by atoms with Gasteiger partial charge in [0.15, 0.2) is 0 Å². The number of primary amides is 1. The number of amides is 3. The summed E-state index contributed by atoms with van der Waals surface area (Å²) in [4.78, 5) is 46.7. The van der Waals surface area contributed by atoms with Crippen LogP contribution in [0, 0.1) is 0 Å². The summed E-state index contributed by atoms with van der Waals surface area (Å²) < 4.78 is 0. The van der Waals surface area contributed by atoms with Crippen molar-refractivity contribution in [1.82, 2.24) is 10.6 Å². The summed E-state index contributed by atoms with van der Waals surface area (Å²) in [7, 11) is 0. The molecule has 0 aliphatic carbocycles. The van der Waals surface area contributed by atoms with Crippen LogP contribution in [0.4, 0.5) is 0 Å². The fourth-order valence-corrected chi connectivity index (χ4v) is 2.79. The molecule has 0 aromatic heterocycles. The van der Waals surface area contributed by atoms with Crippen molar-refractivity contribution in [3.8, 4) is 0 Å². The van der Waals surface area contributed by atoms with Crippen LogP contribution in [0.15, 0.2) is 0 Å². The molecule has 0 aliphatic rings. The lowest BCUT2D eigenvalue weighted by Gasteiger charge is -2.22. The van der Waals surface area contributed by atoms with Gasteiger partial charge >= 0.3 is 5.97 Å². The third-order valence-corrected chi connectivity index (χ3v) is 4.52. The molecule has 3 atom stereocenters. The molecule has 3 unspecified atom stereocenters. The van der Waals surface area contributed by atoms with Crippen LogP contribution >= 0.6 is 23.5 Å². The monoisotopic (exact) mass is 394 g/mol. The van der Waals surface area contributed by atoms with Gasteiger partial charge in [0.25, 0.3) is 0 Å². The van der Waals surface area contributed by atoms with Crippen LogP contribution in [-0.2, 0) is 19.2 Å². The third kappa shape index (κ3) is 10.2. The summed E-state index contributed by atoms with van der Waals surface area (Å²) >= 11 is 2.96. The molecule has 0 saturated carbocycles. The molecule has 0 spiro atoms. The Bertz CT molecular complexity index is 478. The molecule has 0 aliphatic heterocycles. The molecule has 7 N–H and O–H groups in total. The van der Waals surface area contributed by atoms with E-state index in [0.29, 0.717) is 17.9 Å². The number of nitrogens with one attached hydrogen (secondary N) is 2. The first-order valence-electron chi connectivity index (χ1n) is 7.58. The average Bonchev–Trinajstić information content (AvgIpc) is 2.54. The second-order valence-corrected chi connectivity index (χ2v) is 7.27. The Morgan fingerprint density at radius 1 is 0.960 bits per heavy atom. The topological polar surface area (TPSA) is 165 Å². The van der Waals surface area contributed by atoms with Gasteiger partial charge in [-0.25, -0.2) is 4.79 Å². The molecule has 0 aromatic rings. The van der Waals surface area contributed by atoms with Crippen molar-refractivity contribution < 1.29 is 24.3 Å². The second kappa shape index (κ2) is 12.8. The third-order valence-electron chi connectivity index (χ3n) is 3.23. The number of carbonyl (C=O) groups excluding carboxylic acids is 3. The lowest BCUT2D eigenvalue weighted by Crippen LogP contribution is -2.55. The van der Waals surface area contributed by atoms with Crippen molar-refractivity contribution in [2.45, 2.75) is 37.4 Å². The highest BCUT2D eigenvalue weighted by molar-refractivity contribution is 7.98. The molecule has 25 heavy (non-hydrogen) atoms. The number of nitrogens with two attached hydrogens (primary N) is 2. The number of hydrogen-bond acceptors (Lipinski definition) is 7. The van der Waals surface area contributed by atoms with Crippen molar-refractivity contribution >= 4 is 47.2 Å². The average molecular weight is 395 g/mol. The lowest BCUT2D eigenvalue weighted by atomic mass is 10.1. The van der Waals surface area contributed by atoms with Gasteiger partial charge in [-0.1, -0.05) is 0 Å². The maximum atomic E-state index is 12.3. The van der Waals surface area contributed by atoms with Crippen LogP contribution in [0.25, 0.3) is 0 Å². The summed E-state index contributed by atoms with van der Waals surface area (Å²) in [6.07, 6.45) is 3.86. The first-order valence-corrected chi connectivity index (χ1v) is 10.4. The van der Waals surface area contributed by atoms with E-state index in [1.807, 2.05) is 12.5 Å². The summed E-state index contributed by atoms with van der Waals surface area (Å²) in [6.45, 7) is 0. The highest BCUT2D eigenvalue weighted by Gasteiger charge is 2.28. The summed E-state index contributed by atoms with van der Waals surface area (Å²) in [6, 6.07) is -3.21. The van der Waals surface area contributed by atoms with Gasteiger partial charge in [0.2, 0.25) is 17.7 Å². The normalized spacial score (nSPS) is 14.2. The van der Waals surface area contributed by atoms with E-state index in [1.165, 1.54) is 23.5 Å². The number of aliphatic carboxylic acids is 1. The molecule has 9 nitrogen and oxygen atoms in total. The first kappa shape index (κ1) is 23.5. The maximum Gasteiger partial charge on any atom is 0.326 e. The fraction of sp³-hybridized carbons (Fsp3) is 0.714. The number of carboxylic acid groups (broad SMARTS) is 1. The molecule has 0 rings (SSSR count).